The van der Waals surface area contributed by atoms with Crippen molar-refractivity contribution in [2.24, 2.45) is 0 Å². The molecule has 0 atom stereocenters. The zero-order valence-electron chi connectivity index (χ0n) is 13.2. The number of rotatable bonds is 5. The van der Waals surface area contributed by atoms with Crippen LogP contribution in [0.15, 0.2) is 55.1 Å². The SMILES string of the molecule is O=C(NCC#CCOc1cccnc1)c1cccc(-n2cnnn2)c1. The van der Waals surface area contributed by atoms with Gasteiger partial charge in [-0.2, -0.15) is 0 Å². The summed E-state index contributed by atoms with van der Waals surface area (Å²) >= 11 is 0. The maximum Gasteiger partial charge on any atom is 0.252 e. The fourth-order valence-electron chi connectivity index (χ4n) is 1.96. The van der Waals surface area contributed by atoms with E-state index in [1.165, 1.54) is 11.0 Å². The first-order valence-corrected chi connectivity index (χ1v) is 7.43. The molecule has 1 amide bonds. The van der Waals surface area contributed by atoms with E-state index in [4.69, 9.17) is 4.74 Å². The van der Waals surface area contributed by atoms with E-state index in [0.717, 1.165) is 0 Å². The van der Waals surface area contributed by atoms with Crippen molar-refractivity contribution in [1.29, 1.82) is 0 Å². The Balaban J connectivity index is 1.48. The Hall–Kier alpha value is -3.73. The Bertz CT molecular complexity index is 884. The lowest BCUT2D eigenvalue weighted by Gasteiger charge is -2.04. The number of nitrogens with one attached hydrogen (secondary N) is 1. The summed E-state index contributed by atoms with van der Waals surface area (Å²) in [6.45, 7) is 0.459. The largest absolute Gasteiger partial charge is 0.479 e. The van der Waals surface area contributed by atoms with Crippen molar-refractivity contribution < 1.29 is 9.53 Å². The predicted octanol–water partition coefficient (Wildman–Crippen LogP) is 0.870. The molecule has 1 N–H and O–H groups in total. The summed E-state index contributed by atoms with van der Waals surface area (Å²) in [5.74, 6) is 6.09. The minimum atomic E-state index is -0.225. The van der Waals surface area contributed by atoms with Crippen LogP contribution in [-0.4, -0.2) is 44.3 Å². The standard InChI is InChI=1S/C17H14N6O2/c24-17(14-5-3-6-15(11-14)23-13-20-21-22-23)19-9-1-2-10-25-16-7-4-8-18-12-16/h3-8,11-13H,9-10H2,(H,19,24). The van der Waals surface area contributed by atoms with Gasteiger partial charge in [-0.3, -0.25) is 9.78 Å². The number of carbonyl (C=O) groups excluding carboxylic acids is 1. The first-order chi connectivity index (χ1) is 12.3. The molecule has 0 spiro atoms. The maximum atomic E-state index is 12.1. The fourth-order valence-corrected chi connectivity index (χ4v) is 1.96. The molecule has 0 bridgehead atoms. The number of tetrazole rings is 1. The molecule has 25 heavy (non-hydrogen) atoms. The van der Waals surface area contributed by atoms with Crippen LogP contribution in [0, 0.1) is 11.8 Å². The van der Waals surface area contributed by atoms with Crippen LogP contribution in [0.25, 0.3) is 5.69 Å². The van der Waals surface area contributed by atoms with Crippen LogP contribution >= 0.6 is 0 Å². The highest BCUT2D eigenvalue weighted by atomic mass is 16.5. The normalized spacial score (nSPS) is 9.76. The number of hydrogen-bond donors (Lipinski definition) is 1. The minimum absolute atomic E-state index is 0.225. The molecule has 8 heteroatoms. The third kappa shape index (κ3) is 4.62. The smallest absolute Gasteiger partial charge is 0.252 e. The van der Waals surface area contributed by atoms with Gasteiger partial charge < -0.3 is 10.1 Å². The number of nitrogens with zero attached hydrogens (tertiary/aromatic N) is 5. The van der Waals surface area contributed by atoms with Crippen LogP contribution in [0.3, 0.4) is 0 Å². The van der Waals surface area contributed by atoms with Gasteiger partial charge in [0.1, 0.15) is 18.7 Å². The molecule has 3 aromatic rings. The first kappa shape index (κ1) is 16.1. The van der Waals surface area contributed by atoms with E-state index in [0.29, 0.717) is 17.0 Å². The molecule has 0 unspecified atom stereocenters. The monoisotopic (exact) mass is 334 g/mol. The van der Waals surface area contributed by atoms with Crippen molar-refractivity contribution in [3.63, 3.8) is 0 Å². The highest BCUT2D eigenvalue weighted by Crippen LogP contribution is 2.08. The molecule has 2 heterocycles. The van der Waals surface area contributed by atoms with Gasteiger partial charge in [0.25, 0.3) is 5.91 Å². The average molecular weight is 334 g/mol. The number of aromatic nitrogens is 5. The van der Waals surface area contributed by atoms with Gasteiger partial charge in [-0.25, -0.2) is 4.68 Å². The van der Waals surface area contributed by atoms with Crippen LogP contribution in [0.5, 0.6) is 5.75 Å². The van der Waals surface area contributed by atoms with Crippen LogP contribution in [0.4, 0.5) is 0 Å². The van der Waals surface area contributed by atoms with Gasteiger partial charge in [0.15, 0.2) is 0 Å². The fraction of sp³-hybridized carbons (Fsp3) is 0.118. The summed E-state index contributed by atoms with van der Waals surface area (Å²) in [6, 6.07) is 10.6. The number of ether oxygens (including phenoxy) is 1. The quantitative estimate of drug-likeness (QED) is 0.696. The van der Waals surface area contributed by atoms with E-state index in [9.17, 15) is 4.79 Å². The van der Waals surface area contributed by atoms with Crippen LogP contribution < -0.4 is 10.1 Å². The Morgan fingerprint density at radius 3 is 3.00 bits per heavy atom. The van der Waals surface area contributed by atoms with Gasteiger partial charge in [-0.05, 0) is 40.8 Å². The molecule has 0 aliphatic carbocycles. The Kier molecular flexibility index (Phi) is 5.30. The molecular weight excluding hydrogens is 320 g/mol. The zero-order chi connectivity index (χ0) is 17.3. The number of hydrogen-bond acceptors (Lipinski definition) is 6. The van der Waals surface area contributed by atoms with Crippen molar-refractivity contribution in [3.05, 3.63) is 60.7 Å². The number of carbonyl (C=O) groups is 1. The number of benzene rings is 1. The van der Waals surface area contributed by atoms with Crippen molar-refractivity contribution >= 4 is 5.91 Å². The molecule has 8 nitrogen and oxygen atoms in total. The van der Waals surface area contributed by atoms with Gasteiger partial charge in [0.2, 0.25) is 0 Å². The van der Waals surface area contributed by atoms with Gasteiger partial charge in [-0.1, -0.05) is 17.9 Å². The summed E-state index contributed by atoms with van der Waals surface area (Å²) in [6.07, 6.45) is 4.74. The second kappa shape index (κ2) is 8.21. The van der Waals surface area contributed by atoms with Crippen molar-refractivity contribution in [2.75, 3.05) is 13.2 Å². The Morgan fingerprint density at radius 1 is 1.24 bits per heavy atom. The molecular formula is C17H14N6O2. The third-order valence-corrected chi connectivity index (χ3v) is 3.13. The summed E-state index contributed by atoms with van der Waals surface area (Å²) < 4.78 is 6.86. The Labute approximate surface area is 143 Å². The highest BCUT2D eigenvalue weighted by Gasteiger charge is 2.06. The lowest BCUT2D eigenvalue weighted by atomic mass is 10.2. The van der Waals surface area contributed by atoms with Crippen molar-refractivity contribution in [1.82, 2.24) is 30.5 Å². The molecule has 0 radical (unpaired) electrons. The first-order valence-electron chi connectivity index (χ1n) is 7.43. The predicted molar refractivity (Wildman–Crippen MR) is 89.0 cm³/mol. The lowest BCUT2D eigenvalue weighted by molar-refractivity contribution is 0.0958. The number of amides is 1. The molecule has 0 saturated heterocycles. The molecule has 1 aromatic carbocycles. The van der Waals surface area contributed by atoms with Crippen molar-refractivity contribution in [2.45, 2.75) is 0 Å². The zero-order valence-corrected chi connectivity index (χ0v) is 13.2. The molecule has 0 aliphatic heterocycles. The second-order valence-corrected chi connectivity index (χ2v) is 4.82. The highest BCUT2D eigenvalue weighted by molar-refractivity contribution is 5.94. The van der Waals surface area contributed by atoms with E-state index >= 15 is 0 Å². The minimum Gasteiger partial charge on any atom is -0.479 e. The van der Waals surface area contributed by atoms with Gasteiger partial charge in [0.05, 0.1) is 18.4 Å². The van der Waals surface area contributed by atoms with Gasteiger partial charge in [0, 0.05) is 11.8 Å². The summed E-state index contributed by atoms with van der Waals surface area (Å²) in [4.78, 5) is 16.1. The van der Waals surface area contributed by atoms with E-state index in [2.05, 4.69) is 37.7 Å². The van der Waals surface area contributed by atoms with Gasteiger partial charge in [-0.15, -0.1) is 5.10 Å². The van der Waals surface area contributed by atoms with E-state index in [-0.39, 0.29) is 19.1 Å². The third-order valence-electron chi connectivity index (χ3n) is 3.13. The van der Waals surface area contributed by atoms with Crippen LogP contribution in [0.1, 0.15) is 10.4 Å². The molecule has 3 rings (SSSR count). The average Bonchev–Trinajstić information content (AvgIpc) is 3.20. The van der Waals surface area contributed by atoms with Crippen LogP contribution in [-0.2, 0) is 0 Å². The summed E-state index contributed by atoms with van der Waals surface area (Å²) in [5, 5.41) is 13.7. The van der Waals surface area contributed by atoms with Gasteiger partial charge >= 0.3 is 0 Å². The second-order valence-electron chi connectivity index (χ2n) is 4.82. The van der Waals surface area contributed by atoms with E-state index in [1.54, 1.807) is 42.7 Å². The van der Waals surface area contributed by atoms with E-state index < -0.39 is 0 Å². The van der Waals surface area contributed by atoms with Crippen molar-refractivity contribution in [3.8, 4) is 23.3 Å². The summed E-state index contributed by atoms with van der Waals surface area (Å²) in [5.41, 5.74) is 1.20. The topological polar surface area (TPSA) is 94.8 Å². The molecule has 0 fully saturated rings. The molecule has 124 valence electrons. The maximum absolute atomic E-state index is 12.1. The molecule has 0 aliphatic rings. The van der Waals surface area contributed by atoms with E-state index in [1.807, 2.05) is 6.07 Å². The molecule has 0 saturated carbocycles. The lowest BCUT2D eigenvalue weighted by Crippen LogP contribution is -2.23. The Morgan fingerprint density at radius 2 is 2.20 bits per heavy atom. The number of pyridine rings is 1. The molecule has 2 aromatic heterocycles. The van der Waals surface area contributed by atoms with Crippen LogP contribution in [0.2, 0.25) is 0 Å². The summed E-state index contributed by atoms with van der Waals surface area (Å²) in [7, 11) is 0.